The summed E-state index contributed by atoms with van der Waals surface area (Å²) in [5.41, 5.74) is 8.28. The Morgan fingerprint density at radius 2 is 2.11 bits per heavy atom. The standard InChI is InChI=1S/C15H23N3O/c1-5-12(16)15-17-13-8-11(19-4)6-7-14(13)18(15)9-10(2)3/h6-8,10,12H,5,9,16H2,1-4H3. The summed E-state index contributed by atoms with van der Waals surface area (Å²) in [7, 11) is 1.67. The number of nitrogens with zero attached hydrogens (tertiary/aromatic N) is 2. The summed E-state index contributed by atoms with van der Waals surface area (Å²) in [6.45, 7) is 7.43. The number of nitrogens with two attached hydrogens (primary N) is 1. The van der Waals surface area contributed by atoms with Crippen LogP contribution in [0, 0.1) is 5.92 Å². The maximum absolute atomic E-state index is 6.19. The number of benzene rings is 1. The summed E-state index contributed by atoms with van der Waals surface area (Å²) in [5.74, 6) is 2.36. The molecule has 2 aromatic rings. The average molecular weight is 261 g/mol. The first-order valence-electron chi connectivity index (χ1n) is 6.86. The fourth-order valence-corrected chi connectivity index (χ4v) is 2.28. The molecule has 1 aromatic heterocycles. The molecule has 0 saturated carbocycles. The van der Waals surface area contributed by atoms with Crippen LogP contribution in [0.5, 0.6) is 5.75 Å². The van der Waals surface area contributed by atoms with Gasteiger partial charge in [-0.2, -0.15) is 0 Å². The van der Waals surface area contributed by atoms with Crippen molar-refractivity contribution in [3.63, 3.8) is 0 Å². The second-order valence-corrected chi connectivity index (χ2v) is 5.34. The molecular formula is C15H23N3O. The van der Waals surface area contributed by atoms with E-state index in [9.17, 15) is 0 Å². The molecule has 0 saturated heterocycles. The van der Waals surface area contributed by atoms with Gasteiger partial charge in [-0.25, -0.2) is 4.98 Å². The lowest BCUT2D eigenvalue weighted by molar-refractivity contribution is 0.415. The summed E-state index contributed by atoms with van der Waals surface area (Å²) in [5, 5.41) is 0. The van der Waals surface area contributed by atoms with E-state index in [1.54, 1.807) is 7.11 Å². The minimum absolute atomic E-state index is 0.0165. The van der Waals surface area contributed by atoms with Gasteiger partial charge in [-0.3, -0.25) is 0 Å². The lowest BCUT2D eigenvalue weighted by Gasteiger charge is -2.15. The van der Waals surface area contributed by atoms with Crippen LogP contribution in [0.3, 0.4) is 0 Å². The molecule has 0 spiro atoms. The minimum atomic E-state index is -0.0165. The van der Waals surface area contributed by atoms with Gasteiger partial charge in [-0.15, -0.1) is 0 Å². The van der Waals surface area contributed by atoms with Crippen molar-refractivity contribution in [3.8, 4) is 5.75 Å². The second kappa shape index (κ2) is 5.61. The third kappa shape index (κ3) is 2.73. The van der Waals surface area contributed by atoms with E-state index in [1.807, 2.05) is 12.1 Å². The highest BCUT2D eigenvalue weighted by Gasteiger charge is 2.16. The zero-order chi connectivity index (χ0) is 14.0. The molecule has 4 heteroatoms. The summed E-state index contributed by atoms with van der Waals surface area (Å²) < 4.78 is 7.50. The van der Waals surface area contributed by atoms with Gasteiger partial charge in [0.05, 0.1) is 24.2 Å². The van der Waals surface area contributed by atoms with E-state index in [4.69, 9.17) is 15.5 Å². The van der Waals surface area contributed by atoms with E-state index in [2.05, 4.69) is 31.4 Å². The number of methoxy groups -OCH3 is 1. The molecule has 0 aliphatic rings. The van der Waals surface area contributed by atoms with Crippen LogP contribution in [0.2, 0.25) is 0 Å². The minimum Gasteiger partial charge on any atom is -0.497 e. The molecule has 1 heterocycles. The number of ether oxygens (including phenoxy) is 1. The molecule has 0 amide bonds. The van der Waals surface area contributed by atoms with Crippen LogP contribution in [0.4, 0.5) is 0 Å². The molecule has 1 aromatic carbocycles. The highest BCUT2D eigenvalue weighted by molar-refractivity contribution is 5.78. The van der Waals surface area contributed by atoms with E-state index >= 15 is 0 Å². The van der Waals surface area contributed by atoms with Crippen molar-refractivity contribution < 1.29 is 4.74 Å². The highest BCUT2D eigenvalue weighted by Crippen LogP contribution is 2.25. The highest BCUT2D eigenvalue weighted by atomic mass is 16.5. The Hall–Kier alpha value is -1.55. The largest absolute Gasteiger partial charge is 0.497 e. The maximum Gasteiger partial charge on any atom is 0.126 e. The molecule has 2 rings (SSSR count). The van der Waals surface area contributed by atoms with Gasteiger partial charge in [0.15, 0.2) is 0 Å². The van der Waals surface area contributed by atoms with Gasteiger partial charge in [0, 0.05) is 12.6 Å². The van der Waals surface area contributed by atoms with Crippen LogP contribution in [0.15, 0.2) is 18.2 Å². The van der Waals surface area contributed by atoms with Gasteiger partial charge in [-0.1, -0.05) is 20.8 Å². The van der Waals surface area contributed by atoms with Crippen LogP contribution in [0.1, 0.15) is 39.1 Å². The van der Waals surface area contributed by atoms with Crippen molar-refractivity contribution in [1.82, 2.24) is 9.55 Å². The number of hydrogen-bond acceptors (Lipinski definition) is 3. The van der Waals surface area contributed by atoms with Gasteiger partial charge in [0.25, 0.3) is 0 Å². The Morgan fingerprint density at radius 3 is 2.68 bits per heavy atom. The van der Waals surface area contributed by atoms with Crippen LogP contribution in [0.25, 0.3) is 11.0 Å². The van der Waals surface area contributed by atoms with Crippen LogP contribution in [-0.4, -0.2) is 16.7 Å². The van der Waals surface area contributed by atoms with Gasteiger partial charge in [0.2, 0.25) is 0 Å². The molecule has 0 fully saturated rings. The fourth-order valence-electron chi connectivity index (χ4n) is 2.28. The molecule has 0 aliphatic heterocycles. The molecule has 1 unspecified atom stereocenters. The van der Waals surface area contributed by atoms with Gasteiger partial charge >= 0.3 is 0 Å². The van der Waals surface area contributed by atoms with Crippen molar-refractivity contribution in [1.29, 1.82) is 0 Å². The molecular weight excluding hydrogens is 238 g/mol. The van der Waals surface area contributed by atoms with E-state index in [0.717, 1.165) is 35.6 Å². The predicted molar refractivity (Wildman–Crippen MR) is 78.3 cm³/mol. The Morgan fingerprint density at radius 1 is 1.37 bits per heavy atom. The molecule has 0 bridgehead atoms. The Kier molecular flexibility index (Phi) is 4.10. The first-order valence-corrected chi connectivity index (χ1v) is 6.86. The number of rotatable bonds is 5. The first kappa shape index (κ1) is 13.9. The summed E-state index contributed by atoms with van der Waals surface area (Å²) >= 11 is 0. The van der Waals surface area contributed by atoms with Crippen molar-refractivity contribution in [3.05, 3.63) is 24.0 Å². The van der Waals surface area contributed by atoms with E-state index in [0.29, 0.717) is 5.92 Å². The summed E-state index contributed by atoms with van der Waals surface area (Å²) in [4.78, 5) is 4.70. The SMILES string of the molecule is CCC(N)c1nc2cc(OC)ccc2n1CC(C)C. The van der Waals surface area contributed by atoms with Gasteiger partial charge < -0.3 is 15.0 Å². The van der Waals surface area contributed by atoms with Crippen LogP contribution < -0.4 is 10.5 Å². The molecule has 0 aliphatic carbocycles. The van der Waals surface area contributed by atoms with Gasteiger partial charge in [-0.05, 0) is 24.5 Å². The van der Waals surface area contributed by atoms with E-state index in [1.165, 1.54) is 0 Å². The molecule has 4 nitrogen and oxygen atoms in total. The second-order valence-electron chi connectivity index (χ2n) is 5.34. The Bertz CT molecular complexity index is 560. The van der Waals surface area contributed by atoms with Gasteiger partial charge in [0.1, 0.15) is 11.6 Å². The third-order valence-electron chi connectivity index (χ3n) is 3.30. The quantitative estimate of drug-likeness (QED) is 0.899. The maximum atomic E-state index is 6.19. The van der Waals surface area contributed by atoms with Crippen molar-refractivity contribution in [2.75, 3.05) is 7.11 Å². The molecule has 0 radical (unpaired) electrons. The monoisotopic (exact) mass is 261 g/mol. The summed E-state index contributed by atoms with van der Waals surface area (Å²) in [6, 6.07) is 5.99. The Balaban J connectivity index is 2.58. The predicted octanol–water partition coefficient (Wildman–Crippen LogP) is 3.11. The van der Waals surface area contributed by atoms with Crippen molar-refractivity contribution in [2.45, 2.75) is 39.8 Å². The normalized spacial score (nSPS) is 13.2. The van der Waals surface area contributed by atoms with E-state index in [-0.39, 0.29) is 6.04 Å². The lowest BCUT2D eigenvalue weighted by atomic mass is 10.2. The lowest BCUT2D eigenvalue weighted by Crippen LogP contribution is -2.17. The first-order chi connectivity index (χ1) is 9.06. The fraction of sp³-hybridized carbons (Fsp3) is 0.533. The van der Waals surface area contributed by atoms with Crippen LogP contribution >= 0.6 is 0 Å². The van der Waals surface area contributed by atoms with Crippen molar-refractivity contribution >= 4 is 11.0 Å². The number of hydrogen-bond donors (Lipinski definition) is 1. The van der Waals surface area contributed by atoms with Crippen molar-refractivity contribution in [2.24, 2.45) is 11.7 Å². The third-order valence-corrected chi connectivity index (χ3v) is 3.30. The topological polar surface area (TPSA) is 53.1 Å². The van der Waals surface area contributed by atoms with E-state index < -0.39 is 0 Å². The zero-order valence-electron chi connectivity index (χ0n) is 12.2. The molecule has 19 heavy (non-hydrogen) atoms. The smallest absolute Gasteiger partial charge is 0.126 e. The molecule has 104 valence electrons. The molecule has 2 N–H and O–H groups in total. The number of imidazole rings is 1. The molecule has 1 atom stereocenters. The number of fused-ring (bicyclic) bond motifs is 1. The van der Waals surface area contributed by atoms with Crippen LogP contribution in [-0.2, 0) is 6.54 Å². The average Bonchev–Trinajstić information content (AvgIpc) is 2.75. The zero-order valence-corrected chi connectivity index (χ0v) is 12.2. The number of aromatic nitrogens is 2. The summed E-state index contributed by atoms with van der Waals surface area (Å²) in [6.07, 6.45) is 0.887. The Labute approximate surface area is 114 Å².